The summed E-state index contributed by atoms with van der Waals surface area (Å²) in [6.45, 7) is 0. The van der Waals surface area contributed by atoms with Crippen molar-refractivity contribution in [2.45, 2.75) is 0 Å². The number of nitrogens with zero attached hydrogens (tertiary/aromatic N) is 3. The summed E-state index contributed by atoms with van der Waals surface area (Å²) in [5.74, 6) is 0.695. The number of para-hydroxylation sites is 2. The summed E-state index contributed by atoms with van der Waals surface area (Å²) in [5.41, 5.74) is 13.2. The van der Waals surface area contributed by atoms with E-state index in [0.717, 1.165) is 39.2 Å². The molecule has 13 aromatic rings. The second kappa shape index (κ2) is 15.0. The van der Waals surface area contributed by atoms with E-state index in [1.165, 1.54) is 81.8 Å². The minimum Gasteiger partial charge on any atom is -0.309 e. The van der Waals surface area contributed by atoms with Crippen LogP contribution < -0.4 is 0 Å². The van der Waals surface area contributed by atoms with Crippen LogP contribution in [0.15, 0.2) is 237 Å². The van der Waals surface area contributed by atoms with Crippen LogP contribution in [-0.2, 0) is 0 Å². The number of rotatable bonds is 6. The van der Waals surface area contributed by atoms with Crippen molar-refractivity contribution in [1.82, 2.24) is 14.5 Å². The van der Waals surface area contributed by atoms with Crippen molar-refractivity contribution >= 4 is 64.9 Å². The highest BCUT2D eigenvalue weighted by atomic mass is 15.0. The zero-order valence-corrected chi connectivity index (χ0v) is 35.4. The normalized spacial score (nSPS) is 11.7. The Bertz CT molecular complexity index is 3940. The smallest absolute Gasteiger partial charge is 0.160 e. The Morgan fingerprint density at radius 3 is 1.48 bits per heavy atom. The van der Waals surface area contributed by atoms with Crippen LogP contribution in [0.25, 0.3) is 127 Å². The number of benzene rings is 11. The van der Waals surface area contributed by atoms with Crippen LogP contribution >= 0.6 is 0 Å². The van der Waals surface area contributed by atoms with Gasteiger partial charge in [-0.1, -0.05) is 194 Å². The summed E-state index contributed by atoms with van der Waals surface area (Å²) in [6, 6.07) is 85.3. The second-order valence-corrected chi connectivity index (χ2v) is 16.9. The summed E-state index contributed by atoms with van der Waals surface area (Å²) in [6.07, 6.45) is 0. The van der Waals surface area contributed by atoms with E-state index in [0.29, 0.717) is 5.82 Å². The lowest BCUT2D eigenvalue weighted by Gasteiger charge is -2.19. The van der Waals surface area contributed by atoms with Gasteiger partial charge in [-0.3, -0.25) is 0 Å². The first-order chi connectivity index (χ1) is 32.2. The van der Waals surface area contributed by atoms with Crippen molar-refractivity contribution < 1.29 is 0 Å². The maximum atomic E-state index is 5.24. The SMILES string of the molecule is c1ccc(-c2nc(-c3cccc(-n4c5ccccc5c5ccccc54)c3)cc(-c3ccc4cc(-c5c6ccccc6c(-c6ccccc6)c6ccc7ccccc7c56)ccc4c3)n2)cc1. The average Bonchev–Trinajstić information content (AvgIpc) is 3.72. The third-order valence-electron chi connectivity index (χ3n) is 13.1. The lowest BCUT2D eigenvalue weighted by molar-refractivity contribution is 1.16. The standard InChI is InChI=1S/C62H39N3/c1-3-17-41(18-4-1)59-52-26-9-10-27-53(52)60(61-49-23-8-7-16-40(49)34-35-54(59)61)47-33-31-43-36-46(32-30-44(43)37-47)56-39-55(63-62(64-56)42-19-5-2-6-20-42)45-21-15-22-48(38-45)65-57-28-13-11-24-50(57)51-25-12-14-29-58(51)65/h1-39H. The van der Waals surface area contributed by atoms with Gasteiger partial charge in [0, 0.05) is 33.2 Å². The van der Waals surface area contributed by atoms with Gasteiger partial charge in [-0.05, 0) is 108 Å². The summed E-state index contributed by atoms with van der Waals surface area (Å²) < 4.78 is 2.36. The molecule has 0 aliphatic carbocycles. The number of fused-ring (bicyclic) bond motifs is 8. The first-order valence-corrected chi connectivity index (χ1v) is 22.2. The van der Waals surface area contributed by atoms with Crippen LogP contribution in [0.4, 0.5) is 0 Å². The lowest BCUT2D eigenvalue weighted by atomic mass is 9.83. The fraction of sp³-hybridized carbons (Fsp3) is 0. The first-order valence-electron chi connectivity index (χ1n) is 22.2. The first kappa shape index (κ1) is 36.9. The van der Waals surface area contributed by atoms with Gasteiger partial charge in [0.25, 0.3) is 0 Å². The maximum Gasteiger partial charge on any atom is 0.160 e. The number of aromatic nitrogens is 3. The van der Waals surface area contributed by atoms with Gasteiger partial charge >= 0.3 is 0 Å². The van der Waals surface area contributed by atoms with Gasteiger partial charge in [-0.25, -0.2) is 9.97 Å². The molecule has 0 atom stereocenters. The Hall–Kier alpha value is -8.66. The number of hydrogen-bond acceptors (Lipinski definition) is 2. The molecule has 0 aliphatic rings. The minimum absolute atomic E-state index is 0.695. The Kier molecular flexibility index (Phi) is 8.53. The topological polar surface area (TPSA) is 30.7 Å². The summed E-state index contributed by atoms with van der Waals surface area (Å²) in [4.78, 5) is 10.5. The molecule has 302 valence electrons. The molecule has 65 heavy (non-hydrogen) atoms. The monoisotopic (exact) mass is 825 g/mol. The minimum atomic E-state index is 0.695. The molecule has 3 nitrogen and oxygen atoms in total. The Morgan fingerprint density at radius 2 is 0.785 bits per heavy atom. The van der Waals surface area contributed by atoms with Crippen LogP contribution in [-0.4, -0.2) is 14.5 Å². The highest BCUT2D eigenvalue weighted by Gasteiger charge is 2.20. The summed E-state index contributed by atoms with van der Waals surface area (Å²) in [5, 5.41) is 12.3. The van der Waals surface area contributed by atoms with Crippen molar-refractivity contribution in [2.75, 3.05) is 0 Å². The van der Waals surface area contributed by atoms with Crippen LogP contribution in [0, 0.1) is 0 Å². The van der Waals surface area contributed by atoms with Gasteiger partial charge in [0.2, 0.25) is 0 Å². The van der Waals surface area contributed by atoms with E-state index in [2.05, 4.69) is 223 Å². The lowest BCUT2D eigenvalue weighted by Crippen LogP contribution is -1.98. The van der Waals surface area contributed by atoms with Gasteiger partial charge in [0.1, 0.15) is 0 Å². The molecule has 11 aromatic carbocycles. The summed E-state index contributed by atoms with van der Waals surface area (Å²) in [7, 11) is 0. The predicted molar refractivity (Wildman–Crippen MR) is 274 cm³/mol. The van der Waals surface area contributed by atoms with E-state index in [1.807, 2.05) is 18.2 Å². The second-order valence-electron chi connectivity index (χ2n) is 16.9. The molecule has 2 aromatic heterocycles. The average molecular weight is 826 g/mol. The van der Waals surface area contributed by atoms with E-state index in [1.54, 1.807) is 0 Å². The van der Waals surface area contributed by atoms with Crippen molar-refractivity contribution in [3.63, 3.8) is 0 Å². The number of hydrogen-bond donors (Lipinski definition) is 0. The van der Waals surface area contributed by atoms with Crippen LogP contribution in [0.1, 0.15) is 0 Å². The van der Waals surface area contributed by atoms with E-state index >= 15 is 0 Å². The molecule has 0 aliphatic heterocycles. The molecule has 0 spiro atoms. The molecule has 0 radical (unpaired) electrons. The zero-order valence-electron chi connectivity index (χ0n) is 35.4. The molecule has 0 N–H and O–H groups in total. The van der Waals surface area contributed by atoms with Gasteiger partial charge in [0.15, 0.2) is 5.82 Å². The van der Waals surface area contributed by atoms with Gasteiger partial charge in [-0.15, -0.1) is 0 Å². The molecule has 13 rings (SSSR count). The third-order valence-corrected chi connectivity index (χ3v) is 13.1. The molecule has 0 bridgehead atoms. The molecule has 0 amide bonds. The van der Waals surface area contributed by atoms with E-state index < -0.39 is 0 Å². The largest absolute Gasteiger partial charge is 0.309 e. The Labute approximate surface area is 376 Å². The zero-order chi connectivity index (χ0) is 42.8. The van der Waals surface area contributed by atoms with Crippen LogP contribution in [0.2, 0.25) is 0 Å². The third kappa shape index (κ3) is 6.12. The molecule has 2 heterocycles. The van der Waals surface area contributed by atoms with Crippen molar-refractivity contribution in [3.8, 4) is 61.8 Å². The maximum absolute atomic E-state index is 5.24. The van der Waals surface area contributed by atoms with Gasteiger partial charge in [0.05, 0.1) is 22.4 Å². The fourth-order valence-corrected chi connectivity index (χ4v) is 10.2. The van der Waals surface area contributed by atoms with Gasteiger partial charge < -0.3 is 4.57 Å². The molecular formula is C62H39N3. The molecular weight excluding hydrogens is 787 g/mol. The van der Waals surface area contributed by atoms with Crippen LogP contribution in [0.5, 0.6) is 0 Å². The molecule has 0 unspecified atom stereocenters. The van der Waals surface area contributed by atoms with Crippen molar-refractivity contribution in [3.05, 3.63) is 237 Å². The quantitative estimate of drug-likeness (QED) is 0.123. The van der Waals surface area contributed by atoms with Gasteiger partial charge in [-0.2, -0.15) is 0 Å². The predicted octanol–water partition coefficient (Wildman–Crippen LogP) is 16.5. The molecule has 0 saturated heterocycles. The van der Waals surface area contributed by atoms with Crippen molar-refractivity contribution in [1.29, 1.82) is 0 Å². The highest BCUT2D eigenvalue weighted by molar-refractivity contribution is 6.28. The summed E-state index contributed by atoms with van der Waals surface area (Å²) >= 11 is 0. The van der Waals surface area contributed by atoms with E-state index in [-0.39, 0.29) is 0 Å². The molecule has 3 heteroatoms. The molecule has 0 saturated carbocycles. The van der Waals surface area contributed by atoms with Crippen molar-refractivity contribution in [2.24, 2.45) is 0 Å². The molecule has 0 fully saturated rings. The Morgan fingerprint density at radius 1 is 0.277 bits per heavy atom. The van der Waals surface area contributed by atoms with E-state index in [9.17, 15) is 0 Å². The highest BCUT2D eigenvalue weighted by Crippen LogP contribution is 2.47. The van der Waals surface area contributed by atoms with Crippen LogP contribution in [0.3, 0.4) is 0 Å². The van der Waals surface area contributed by atoms with E-state index in [4.69, 9.17) is 9.97 Å². The Balaban J connectivity index is 0.964. The fourth-order valence-electron chi connectivity index (χ4n) is 10.2.